The molecule has 29 heavy (non-hydrogen) atoms. The number of amides is 2. The quantitative estimate of drug-likeness (QED) is 0.700. The largest absolute Gasteiger partial charge is 0.334 e. The zero-order valence-electron chi connectivity index (χ0n) is 16.0. The Morgan fingerprint density at radius 3 is 2.86 bits per heavy atom. The van der Waals surface area contributed by atoms with Crippen LogP contribution in [0.2, 0.25) is 4.34 Å². The van der Waals surface area contributed by atoms with E-state index in [2.05, 4.69) is 11.4 Å². The van der Waals surface area contributed by atoms with E-state index in [0.29, 0.717) is 51.8 Å². The van der Waals surface area contributed by atoms with Crippen molar-refractivity contribution in [1.82, 2.24) is 4.90 Å². The second kappa shape index (κ2) is 8.56. The lowest BCUT2D eigenvalue weighted by molar-refractivity contribution is 0.0726. The topological polar surface area (TPSA) is 73.2 Å². The normalized spacial score (nSPS) is 21.0. The Morgan fingerprint density at radius 1 is 1.28 bits per heavy atom. The van der Waals surface area contributed by atoms with Crippen LogP contribution in [-0.4, -0.2) is 23.3 Å². The number of carbonyl (C=O) groups is 2. The minimum absolute atomic E-state index is 0.0254. The first-order valence-electron chi connectivity index (χ1n) is 9.90. The molecule has 4 rings (SSSR count). The number of benzene rings is 1. The third-order valence-electron chi connectivity index (χ3n) is 5.81. The van der Waals surface area contributed by atoms with E-state index in [1.54, 1.807) is 18.2 Å². The Bertz CT molecular complexity index is 981. The molecular formula is C22H22ClN3O2S. The van der Waals surface area contributed by atoms with Crippen molar-refractivity contribution in [2.45, 2.75) is 38.6 Å². The van der Waals surface area contributed by atoms with Gasteiger partial charge in [0.15, 0.2) is 0 Å². The molecule has 150 valence electrons. The number of hydrogen-bond acceptors (Lipinski definition) is 4. The Kier molecular flexibility index (Phi) is 5.89. The molecule has 0 bridgehead atoms. The summed E-state index contributed by atoms with van der Waals surface area (Å²) in [5, 5.41) is 11.9. The Morgan fingerprint density at radius 2 is 2.10 bits per heavy atom. The number of nitrogens with one attached hydrogen (secondary N) is 1. The first-order chi connectivity index (χ1) is 14.0. The van der Waals surface area contributed by atoms with Crippen LogP contribution in [0.25, 0.3) is 0 Å². The molecule has 1 N–H and O–H groups in total. The molecule has 2 aliphatic rings. The van der Waals surface area contributed by atoms with Gasteiger partial charge in [0.1, 0.15) is 0 Å². The van der Waals surface area contributed by atoms with Gasteiger partial charge in [0, 0.05) is 19.5 Å². The number of rotatable bonds is 5. The summed E-state index contributed by atoms with van der Waals surface area (Å²) in [6.07, 6.45) is 4.95. The number of thiophene rings is 1. The minimum Gasteiger partial charge on any atom is -0.334 e. The van der Waals surface area contributed by atoms with Crippen LogP contribution in [0.1, 0.15) is 57.7 Å². The fraction of sp³-hybridized carbons (Fsp3) is 0.409. The standard InChI is InChI=1S/C22H22ClN3O2S/c23-19-8-7-18(29-19)21(27)25-17-6-2-5-16-13-26(22(28)20(16)17)12-15-4-1-3-14(11-15)9-10-24/h2,5-8,14-15H,1,3-4,9,11-13H2,(H,25,27)/t14-,15-/m1/s1. The smallest absolute Gasteiger partial charge is 0.265 e. The summed E-state index contributed by atoms with van der Waals surface area (Å²) in [6.45, 7) is 1.28. The molecule has 7 heteroatoms. The summed E-state index contributed by atoms with van der Waals surface area (Å²) < 4.78 is 0.554. The van der Waals surface area contributed by atoms with Crippen LogP contribution in [0.15, 0.2) is 30.3 Å². The van der Waals surface area contributed by atoms with Gasteiger partial charge in [0.05, 0.1) is 26.5 Å². The SMILES string of the molecule is N#CC[C@H]1CCC[C@@H](CN2Cc3cccc(NC(=O)c4ccc(Cl)s4)c3C2=O)C1. The van der Waals surface area contributed by atoms with Gasteiger partial charge >= 0.3 is 0 Å². The average Bonchev–Trinajstić information content (AvgIpc) is 3.27. The fourth-order valence-electron chi connectivity index (χ4n) is 4.49. The molecule has 1 aliphatic carbocycles. The van der Waals surface area contributed by atoms with Crippen LogP contribution >= 0.6 is 22.9 Å². The van der Waals surface area contributed by atoms with Crippen molar-refractivity contribution in [1.29, 1.82) is 5.26 Å². The molecule has 2 atom stereocenters. The predicted molar refractivity (Wildman–Crippen MR) is 114 cm³/mol. The highest BCUT2D eigenvalue weighted by Crippen LogP contribution is 2.35. The maximum absolute atomic E-state index is 13.1. The van der Waals surface area contributed by atoms with Crippen molar-refractivity contribution in [2.24, 2.45) is 11.8 Å². The molecule has 5 nitrogen and oxygen atoms in total. The van der Waals surface area contributed by atoms with Gasteiger partial charge in [-0.25, -0.2) is 0 Å². The number of fused-ring (bicyclic) bond motifs is 1. The number of anilines is 1. The monoisotopic (exact) mass is 427 g/mol. The van der Waals surface area contributed by atoms with Crippen LogP contribution in [0.4, 0.5) is 5.69 Å². The van der Waals surface area contributed by atoms with E-state index >= 15 is 0 Å². The van der Waals surface area contributed by atoms with Crippen molar-refractivity contribution >= 4 is 40.4 Å². The van der Waals surface area contributed by atoms with Crippen LogP contribution in [0.5, 0.6) is 0 Å². The first-order valence-corrected chi connectivity index (χ1v) is 11.1. The lowest BCUT2D eigenvalue weighted by atomic mass is 9.80. The van der Waals surface area contributed by atoms with Gasteiger partial charge in [0.2, 0.25) is 0 Å². The zero-order chi connectivity index (χ0) is 20.4. The molecule has 1 aromatic carbocycles. The molecule has 0 unspecified atom stereocenters. The van der Waals surface area contributed by atoms with E-state index in [9.17, 15) is 9.59 Å². The van der Waals surface area contributed by atoms with Crippen molar-refractivity contribution in [3.8, 4) is 6.07 Å². The van der Waals surface area contributed by atoms with Gasteiger partial charge in [-0.3, -0.25) is 9.59 Å². The Labute approximate surface area is 179 Å². The number of nitrogens with zero attached hydrogens (tertiary/aromatic N) is 2. The van der Waals surface area contributed by atoms with E-state index in [1.807, 2.05) is 17.0 Å². The van der Waals surface area contributed by atoms with Crippen LogP contribution < -0.4 is 5.32 Å². The maximum Gasteiger partial charge on any atom is 0.265 e. The van der Waals surface area contributed by atoms with Gasteiger partial charge in [-0.05, 0) is 54.9 Å². The van der Waals surface area contributed by atoms with Crippen LogP contribution in [0, 0.1) is 23.2 Å². The van der Waals surface area contributed by atoms with Crippen LogP contribution in [0.3, 0.4) is 0 Å². The van der Waals surface area contributed by atoms with Crippen molar-refractivity contribution in [3.05, 3.63) is 50.7 Å². The summed E-state index contributed by atoms with van der Waals surface area (Å²) in [4.78, 5) is 28.0. The summed E-state index contributed by atoms with van der Waals surface area (Å²) in [7, 11) is 0. The van der Waals surface area contributed by atoms with Crippen LogP contribution in [-0.2, 0) is 6.54 Å². The third-order valence-corrected chi connectivity index (χ3v) is 7.04. The van der Waals surface area contributed by atoms with Gasteiger partial charge in [0.25, 0.3) is 11.8 Å². The molecule has 0 spiro atoms. The van der Waals surface area contributed by atoms with E-state index in [0.717, 1.165) is 31.2 Å². The van der Waals surface area contributed by atoms with Crippen molar-refractivity contribution in [3.63, 3.8) is 0 Å². The molecule has 1 saturated carbocycles. The van der Waals surface area contributed by atoms with Gasteiger partial charge in [-0.1, -0.05) is 30.2 Å². The second-order valence-corrected chi connectivity index (χ2v) is 9.56. The van der Waals surface area contributed by atoms with E-state index in [-0.39, 0.29) is 11.8 Å². The van der Waals surface area contributed by atoms with Crippen molar-refractivity contribution in [2.75, 3.05) is 11.9 Å². The molecular weight excluding hydrogens is 406 g/mol. The molecule has 0 saturated heterocycles. The molecule has 2 amide bonds. The van der Waals surface area contributed by atoms with E-state index < -0.39 is 0 Å². The fourth-order valence-corrected chi connectivity index (χ4v) is 5.42. The number of hydrogen-bond donors (Lipinski definition) is 1. The van der Waals surface area contributed by atoms with E-state index in [4.69, 9.17) is 16.9 Å². The average molecular weight is 428 g/mol. The predicted octanol–water partition coefficient (Wildman–Crippen LogP) is 5.33. The highest BCUT2D eigenvalue weighted by Gasteiger charge is 2.33. The van der Waals surface area contributed by atoms with Gasteiger partial charge < -0.3 is 10.2 Å². The number of halogens is 1. The molecule has 2 heterocycles. The lowest BCUT2D eigenvalue weighted by Crippen LogP contribution is -2.32. The number of nitriles is 1. The molecule has 1 aliphatic heterocycles. The second-order valence-electron chi connectivity index (χ2n) is 7.84. The Balaban J connectivity index is 1.46. The highest BCUT2D eigenvalue weighted by atomic mass is 35.5. The van der Waals surface area contributed by atoms with Crippen molar-refractivity contribution < 1.29 is 9.59 Å². The molecule has 0 radical (unpaired) electrons. The lowest BCUT2D eigenvalue weighted by Gasteiger charge is -2.30. The minimum atomic E-state index is -0.256. The summed E-state index contributed by atoms with van der Waals surface area (Å²) in [5.74, 6) is 0.605. The molecule has 1 fully saturated rings. The Hall–Kier alpha value is -2.36. The van der Waals surface area contributed by atoms with Gasteiger partial charge in [-0.2, -0.15) is 5.26 Å². The molecule has 1 aromatic heterocycles. The third kappa shape index (κ3) is 4.31. The van der Waals surface area contributed by atoms with E-state index in [1.165, 1.54) is 11.3 Å². The number of carbonyl (C=O) groups excluding carboxylic acids is 2. The summed E-state index contributed by atoms with van der Waals surface area (Å²) in [5.41, 5.74) is 2.09. The summed E-state index contributed by atoms with van der Waals surface area (Å²) >= 11 is 7.14. The zero-order valence-corrected chi connectivity index (χ0v) is 17.6. The summed E-state index contributed by atoms with van der Waals surface area (Å²) in [6, 6.07) is 11.3. The maximum atomic E-state index is 13.1. The first kappa shape index (κ1) is 19.9. The highest BCUT2D eigenvalue weighted by molar-refractivity contribution is 7.18. The van der Waals surface area contributed by atoms with Gasteiger partial charge in [-0.15, -0.1) is 11.3 Å². The molecule has 2 aromatic rings.